The van der Waals surface area contributed by atoms with Crippen LogP contribution in [0.1, 0.15) is 17.5 Å². The number of anilines is 2. The molecule has 1 N–H and O–H groups in total. The summed E-state index contributed by atoms with van der Waals surface area (Å²) in [6.45, 7) is 2.88. The molecule has 24 heavy (non-hydrogen) atoms. The van der Waals surface area contributed by atoms with Gasteiger partial charge in [-0.1, -0.05) is 24.3 Å². The SMILES string of the molecule is Cc1ccc([N+](=O)[O-])cc1NC(=O)CN1CCCc2ccccc21. The summed E-state index contributed by atoms with van der Waals surface area (Å²) >= 11 is 0. The first-order valence-electron chi connectivity index (χ1n) is 7.92. The molecular formula is C18H19N3O3. The number of non-ortho nitro benzene ring substituents is 1. The number of carbonyl (C=O) groups excluding carboxylic acids is 1. The largest absolute Gasteiger partial charge is 0.362 e. The number of nitrogens with one attached hydrogen (secondary N) is 1. The van der Waals surface area contributed by atoms with Gasteiger partial charge >= 0.3 is 0 Å². The van der Waals surface area contributed by atoms with E-state index in [1.54, 1.807) is 6.07 Å². The van der Waals surface area contributed by atoms with E-state index in [4.69, 9.17) is 0 Å². The van der Waals surface area contributed by atoms with Crippen molar-refractivity contribution in [2.24, 2.45) is 0 Å². The number of nitro benzene ring substituents is 1. The minimum atomic E-state index is -0.462. The lowest BCUT2D eigenvalue weighted by molar-refractivity contribution is -0.384. The van der Waals surface area contributed by atoms with Crippen LogP contribution in [-0.4, -0.2) is 23.9 Å². The average Bonchev–Trinajstić information content (AvgIpc) is 2.57. The van der Waals surface area contributed by atoms with Crippen molar-refractivity contribution in [3.05, 3.63) is 63.7 Å². The van der Waals surface area contributed by atoms with Gasteiger partial charge in [-0.25, -0.2) is 0 Å². The highest BCUT2D eigenvalue weighted by Gasteiger charge is 2.19. The van der Waals surface area contributed by atoms with E-state index in [-0.39, 0.29) is 18.1 Å². The smallest absolute Gasteiger partial charge is 0.271 e. The van der Waals surface area contributed by atoms with Crippen molar-refractivity contribution >= 4 is 23.0 Å². The predicted molar refractivity (Wildman–Crippen MR) is 93.4 cm³/mol. The third-order valence-electron chi connectivity index (χ3n) is 4.25. The zero-order valence-electron chi connectivity index (χ0n) is 13.5. The highest BCUT2D eigenvalue weighted by atomic mass is 16.6. The van der Waals surface area contributed by atoms with Crippen LogP contribution in [0.25, 0.3) is 0 Å². The molecule has 0 saturated heterocycles. The number of rotatable bonds is 4. The first kappa shape index (κ1) is 16.0. The zero-order valence-corrected chi connectivity index (χ0v) is 13.5. The second-order valence-corrected chi connectivity index (χ2v) is 5.96. The maximum atomic E-state index is 12.4. The van der Waals surface area contributed by atoms with Crippen LogP contribution >= 0.6 is 0 Å². The Hall–Kier alpha value is -2.89. The van der Waals surface area contributed by atoms with Crippen LogP contribution in [0.3, 0.4) is 0 Å². The lowest BCUT2D eigenvalue weighted by atomic mass is 10.0. The quantitative estimate of drug-likeness (QED) is 0.691. The Morgan fingerprint density at radius 3 is 2.88 bits per heavy atom. The monoisotopic (exact) mass is 325 g/mol. The topological polar surface area (TPSA) is 75.5 Å². The van der Waals surface area contributed by atoms with Gasteiger partial charge < -0.3 is 10.2 Å². The highest BCUT2D eigenvalue weighted by molar-refractivity contribution is 5.95. The Morgan fingerprint density at radius 2 is 2.08 bits per heavy atom. The zero-order chi connectivity index (χ0) is 17.1. The van der Waals surface area contributed by atoms with Gasteiger partial charge in [0.1, 0.15) is 0 Å². The van der Waals surface area contributed by atoms with Crippen molar-refractivity contribution in [3.63, 3.8) is 0 Å². The minimum absolute atomic E-state index is 0.0285. The van der Waals surface area contributed by atoms with Crippen LogP contribution < -0.4 is 10.2 Å². The number of fused-ring (bicyclic) bond motifs is 1. The molecule has 2 aromatic rings. The fourth-order valence-electron chi connectivity index (χ4n) is 3.00. The minimum Gasteiger partial charge on any atom is -0.362 e. The summed E-state index contributed by atoms with van der Waals surface area (Å²) in [6.07, 6.45) is 2.04. The van der Waals surface area contributed by atoms with Crippen molar-refractivity contribution in [3.8, 4) is 0 Å². The van der Waals surface area contributed by atoms with Crippen molar-refractivity contribution in [2.75, 3.05) is 23.3 Å². The molecule has 0 atom stereocenters. The number of aryl methyl sites for hydroxylation is 2. The molecule has 6 nitrogen and oxygen atoms in total. The second kappa shape index (κ2) is 6.70. The Balaban J connectivity index is 1.73. The normalized spacial score (nSPS) is 13.3. The van der Waals surface area contributed by atoms with E-state index < -0.39 is 4.92 Å². The van der Waals surface area contributed by atoms with Crippen LogP contribution in [0.15, 0.2) is 42.5 Å². The van der Waals surface area contributed by atoms with Gasteiger partial charge in [-0.2, -0.15) is 0 Å². The van der Waals surface area contributed by atoms with E-state index in [9.17, 15) is 14.9 Å². The third kappa shape index (κ3) is 3.37. The van der Waals surface area contributed by atoms with Gasteiger partial charge in [0, 0.05) is 24.4 Å². The van der Waals surface area contributed by atoms with Crippen molar-refractivity contribution in [1.82, 2.24) is 0 Å². The molecule has 124 valence electrons. The lowest BCUT2D eigenvalue weighted by Gasteiger charge is -2.30. The Labute approximate surface area is 140 Å². The summed E-state index contributed by atoms with van der Waals surface area (Å²) in [5.41, 5.74) is 3.60. The van der Waals surface area contributed by atoms with Crippen LogP contribution in [0.4, 0.5) is 17.1 Å². The van der Waals surface area contributed by atoms with Crippen molar-refractivity contribution in [2.45, 2.75) is 19.8 Å². The van der Waals surface area contributed by atoms with Gasteiger partial charge in [0.15, 0.2) is 0 Å². The van der Waals surface area contributed by atoms with E-state index in [1.165, 1.54) is 17.7 Å². The van der Waals surface area contributed by atoms with Gasteiger partial charge in [0.05, 0.1) is 17.2 Å². The molecule has 0 radical (unpaired) electrons. The Morgan fingerprint density at radius 1 is 1.29 bits per heavy atom. The molecule has 0 saturated carbocycles. The lowest BCUT2D eigenvalue weighted by Crippen LogP contribution is -2.36. The maximum absolute atomic E-state index is 12.4. The summed E-state index contributed by atoms with van der Waals surface area (Å²) in [4.78, 5) is 24.9. The summed E-state index contributed by atoms with van der Waals surface area (Å²) in [5.74, 6) is -0.171. The number of carbonyl (C=O) groups is 1. The van der Waals surface area contributed by atoms with Crippen LogP contribution in [-0.2, 0) is 11.2 Å². The van der Waals surface area contributed by atoms with Gasteiger partial charge in [-0.15, -0.1) is 0 Å². The summed E-state index contributed by atoms with van der Waals surface area (Å²) in [5, 5.41) is 13.7. The molecule has 0 fully saturated rings. The van der Waals surface area contributed by atoms with E-state index >= 15 is 0 Å². The number of nitro groups is 1. The van der Waals surface area contributed by atoms with E-state index in [0.29, 0.717) is 5.69 Å². The van der Waals surface area contributed by atoms with Gasteiger partial charge in [0.2, 0.25) is 5.91 Å². The molecule has 0 aromatic heterocycles. The summed E-state index contributed by atoms with van der Waals surface area (Å²) < 4.78 is 0. The van der Waals surface area contributed by atoms with E-state index in [2.05, 4.69) is 16.3 Å². The molecule has 0 unspecified atom stereocenters. The molecule has 1 amide bonds. The Kier molecular flexibility index (Phi) is 4.46. The summed E-state index contributed by atoms with van der Waals surface area (Å²) in [6, 6.07) is 12.6. The molecule has 3 rings (SSSR count). The maximum Gasteiger partial charge on any atom is 0.271 e. The highest BCUT2D eigenvalue weighted by Crippen LogP contribution is 2.27. The summed E-state index contributed by atoms with van der Waals surface area (Å²) in [7, 11) is 0. The first-order chi connectivity index (χ1) is 11.5. The molecule has 1 aliphatic heterocycles. The number of nitrogens with zero attached hydrogens (tertiary/aromatic N) is 2. The molecule has 0 spiro atoms. The molecule has 6 heteroatoms. The van der Waals surface area contributed by atoms with Crippen LogP contribution in [0.5, 0.6) is 0 Å². The molecule has 0 bridgehead atoms. The van der Waals surface area contributed by atoms with Gasteiger partial charge in [-0.05, 0) is 37.0 Å². The molecule has 0 aliphatic carbocycles. The third-order valence-corrected chi connectivity index (χ3v) is 4.25. The van der Waals surface area contributed by atoms with Crippen LogP contribution in [0, 0.1) is 17.0 Å². The van der Waals surface area contributed by atoms with Gasteiger partial charge in [0.25, 0.3) is 5.69 Å². The second-order valence-electron chi connectivity index (χ2n) is 5.96. The van der Waals surface area contributed by atoms with Crippen LogP contribution in [0.2, 0.25) is 0 Å². The standard InChI is InChI=1S/C18H19N3O3/c1-13-8-9-15(21(23)24)11-16(13)19-18(22)12-20-10-4-6-14-5-2-3-7-17(14)20/h2-3,5,7-9,11H,4,6,10,12H2,1H3,(H,19,22). The number of hydrogen-bond acceptors (Lipinski definition) is 4. The van der Waals surface area contributed by atoms with Crippen molar-refractivity contribution < 1.29 is 9.72 Å². The fourth-order valence-corrected chi connectivity index (χ4v) is 3.00. The predicted octanol–water partition coefficient (Wildman–Crippen LogP) is 3.29. The molecule has 1 aliphatic rings. The van der Waals surface area contributed by atoms with E-state index in [0.717, 1.165) is 30.6 Å². The molecule has 1 heterocycles. The molecular weight excluding hydrogens is 306 g/mol. The number of para-hydroxylation sites is 1. The van der Waals surface area contributed by atoms with Gasteiger partial charge in [-0.3, -0.25) is 14.9 Å². The number of amides is 1. The number of hydrogen-bond donors (Lipinski definition) is 1. The van der Waals surface area contributed by atoms with Crippen molar-refractivity contribution in [1.29, 1.82) is 0 Å². The molecule has 2 aromatic carbocycles. The first-order valence-corrected chi connectivity index (χ1v) is 7.92. The number of benzene rings is 2. The van der Waals surface area contributed by atoms with E-state index in [1.807, 2.05) is 25.1 Å². The Bertz CT molecular complexity index is 789. The average molecular weight is 325 g/mol. The fraction of sp³-hybridized carbons (Fsp3) is 0.278.